The molecule has 2 aliphatic rings. The van der Waals surface area contributed by atoms with Crippen molar-refractivity contribution in [2.24, 2.45) is 17.6 Å². The number of benzene rings is 1. The standard InChI is InChI=1S/C22H29N5O2.2ClH/c1-29-20-7-10-24-22(25-20)26-11-8-17(9-12-26)21(28)27-14-18(13-23)19(15-27)16-5-3-2-4-6-16;;/h2-7,10,17-19H,8-9,11-15,23H2,1H3;2*1H/t18-,19+;;/m1../s1. The fourth-order valence-electron chi connectivity index (χ4n) is 4.55. The number of amides is 1. The number of methoxy groups -OCH3 is 1. The second-order valence-corrected chi connectivity index (χ2v) is 7.92. The molecule has 170 valence electrons. The molecule has 0 radical (unpaired) electrons. The molecule has 0 bridgehead atoms. The molecule has 7 nitrogen and oxygen atoms in total. The summed E-state index contributed by atoms with van der Waals surface area (Å²) >= 11 is 0. The summed E-state index contributed by atoms with van der Waals surface area (Å²) in [6.45, 7) is 3.69. The van der Waals surface area contributed by atoms with Gasteiger partial charge in [-0.05, 0) is 30.9 Å². The maximum Gasteiger partial charge on any atom is 0.228 e. The van der Waals surface area contributed by atoms with E-state index < -0.39 is 0 Å². The molecule has 0 aliphatic carbocycles. The molecule has 3 heterocycles. The smallest absolute Gasteiger partial charge is 0.228 e. The summed E-state index contributed by atoms with van der Waals surface area (Å²) in [5.74, 6) is 2.22. The summed E-state index contributed by atoms with van der Waals surface area (Å²) in [6.07, 6.45) is 3.34. The summed E-state index contributed by atoms with van der Waals surface area (Å²) in [7, 11) is 1.60. The van der Waals surface area contributed by atoms with Crippen LogP contribution >= 0.6 is 24.8 Å². The second kappa shape index (κ2) is 11.5. The van der Waals surface area contributed by atoms with E-state index in [0.29, 0.717) is 30.2 Å². The van der Waals surface area contributed by atoms with Crippen molar-refractivity contribution >= 4 is 36.7 Å². The van der Waals surface area contributed by atoms with Crippen LogP contribution in [0.3, 0.4) is 0 Å². The van der Waals surface area contributed by atoms with Crippen LogP contribution in [0, 0.1) is 11.8 Å². The van der Waals surface area contributed by atoms with Crippen molar-refractivity contribution in [2.45, 2.75) is 18.8 Å². The number of rotatable bonds is 5. The number of piperidine rings is 1. The Morgan fingerprint density at radius 2 is 1.84 bits per heavy atom. The van der Waals surface area contributed by atoms with Gasteiger partial charge in [-0.1, -0.05) is 30.3 Å². The molecule has 2 saturated heterocycles. The molecule has 9 heteroatoms. The number of hydrogen-bond acceptors (Lipinski definition) is 6. The molecule has 2 aromatic rings. The van der Waals surface area contributed by atoms with Crippen LogP contribution < -0.4 is 15.4 Å². The van der Waals surface area contributed by atoms with Gasteiger partial charge in [0.1, 0.15) is 0 Å². The summed E-state index contributed by atoms with van der Waals surface area (Å²) in [6, 6.07) is 12.2. The number of nitrogens with two attached hydrogens (primary N) is 1. The van der Waals surface area contributed by atoms with E-state index in [9.17, 15) is 4.79 Å². The van der Waals surface area contributed by atoms with E-state index in [4.69, 9.17) is 10.5 Å². The third-order valence-electron chi connectivity index (χ3n) is 6.24. The van der Waals surface area contributed by atoms with E-state index in [1.54, 1.807) is 19.4 Å². The number of anilines is 1. The van der Waals surface area contributed by atoms with Gasteiger partial charge in [0.2, 0.25) is 17.7 Å². The average molecular weight is 468 g/mol. The van der Waals surface area contributed by atoms with E-state index >= 15 is 0 Å². The highest BCUT2D eigenvalue weighted by Gasteiger charge is 2.38. The molecule has 1 aromatic heterocycles. The topological polar surface area (TPSA) is 84.6 Å². The normalized spacial score (nSPS) is 21.2. The first-order valence-corrected chi connectivity index (χ1v) is 10.4. The van der Waals surface area contributed by atoms with Crippen molar-refractivity contribution in [1.29, 1.82) is 0 Å². The van der Waals surface area contributed by atoms with Gasteiger partial charge in [-0.15, -0.1) is 24.8 Å². The molecule has 0 spiro atoms. The van der Waals surface area contributed by atoms with Gasteiger partial charge in [0.25, 0.3) is 0 Å². The van der Waals surface area contributed by atoms with Crippen LogP contribution in [0.25, 0.3) is 0 Å². The van der Waals surface area contributed by atoms with Gasteiger partial charge >= 0.3 is 0 Å². The van der Waals surface area contributed by atoms with Crippen molar-refractivity contribution in [3.63, 3.8) is 0 Å². The molecule has 0 unspecified atom stereocenters. The summed E-state index contributed by atoms with van der Waals surface area (Å²) in [4.78, 5) is 26.1. The molecule has 2 aliphatic heterocycles. The third-order valence-corrected chi connectivity index (χ3v) is 6.24. The van der Waals surface area contributed by atoms with E-state index in [1.165, 1.54) is 5.56 Å². The van der Waals surface area contributed by atoms with Crippen molar-refractivity contribution in [1.82, 2.24) is 14.9 Å². The Balaban J connectivity index is 0.00000171. The SMILES string of the molecule is COc1ccnc(N2CCC(C(=O)N3C[C@@H](CN)[C@H](c4ccccc4)C3)CC2)n1.Cl.Cl. The monoisotopic (exact) mass is 467 g/mol. The van der Waals surface area contributed by atoms with E-state index in [1.807, 2.05) is 11.0 Å². The lowest BCUT2D eigenvalue weighted by Crippen LogP contribution is -2.42. The molecular weight excluding hydrogens is 437 g/mol. The van der Waals surface area contributed by atoms with Crippen LogP contribution in [0.1, 0.15) is 24.3 Å². The Morgan fingerprint density at radius 1 is 1.13 bits per heavy atom. The zero-order chi connectivity index (χ0) is 20.2. The van der Waals surface area contributed by atoms with Gasteiger partial charge in [-0.25, -0.2) is 4.98 Å². The lowest BCUT2D eigenvalue weighted by Gasteiger charge is -2.33. The first-order chi connectivity index (χ1) is 14.2. The predicted molar refractivity (Wildman–Crippen MR) is 126 cm³/mol. The van der Waals surface area contributed by atoms with Crippen LogP contribution in [-0.4, -0.2) is 60.6 Å². The highest BCUT2D eigenvalue weighted by atomic mass is 35.5. The maximum atomic E-state index is 13.2. The maximum absolute atomic E-state index is 13.2. The van der Waals surface area contributed by atoms with Crippen LogP contribution in [0.5, 0.6) is 5.88 Å². The van der Waals surface area contributed by atoms with Gasteiger partial charge in [0, 0.05) is 50.3 Å². The Kier molecular flexibility index (Phi) is 9.34. The molecule has 1 amide bonds. The number of aromatic nitrogens is 2. The van der Waals surface area contributed by atoms with E-state index in [2.05, 4.69) is 39.1 Å². The Bertz CT molecular complexity index is 834. The van der Waals surface area contributed by atoms with Crippen LogP contribution in [0.4, 0.5) is 5.95 Å². The van der Waals surface area contributed by atoms with Gasteiger partial charge in [0.15, 0.2) is 0 Å². The van der Waals surface area contributed by atoms with Crippen LogP contribution in [0.2, 0.25) is 0 Å². The minimum atomic E-state index is 0. The fourth-order valence-corrected chi connectivity index (χ4v) is 4.55. The van der Waals surface area contributed by atoms with Gasteiger partial charge in [0.05, 0.1) is 7.11 Å². The zero-order valence-electron chi connectivity index (χ0n) is 17.7. The second-order valence-electron chi connectivity index (χ2n) is 7.92. The number of hydrogen-bond donors (Lipinski definition) is 1. The molecule has 4 rings (SSSR count). The molecule has 31 heavy (non-hydrogen) atoms. The average Bonchev–Trinajstić information content (AvgIpc) is 3.24. The lowest BCUT2D eigenvalue weighted by atomic mass is 9.89. The molecule has 2 N–H and O–H groups in total. The molecule has 2 atom stereocenters. The van der Waals surface area contributed by atoms with Crippen molar-refractivity contribution < 1.29 is 9.53 Å². The largest absolute Gasteiger partial charge is 0.481 e. The number of carbonyl (C=O) groups is 1. The summed E-state index contributed by atoms with van der Waals surface area (Å²) in [5.41, 5.74) is 7.32. The summed E-state index contributed by atoms with van der Waals surface area (Å²) in [5, 5.41) is 0. The molecular formula is C22H31Cl2N5O2. The van der Waals surface area contributed by atoms with Gasteiger partial charge in [-0.2, -0.15) is 4.98 Å². The van der Waals surface area contributed by atoms with Crippen molar-refractivity contribution in [3.05, 3.63) is 48.2 Å². The quantitative estimate of drug-likeness (QED) is 0.727. The van der Waals surface area contributed by atoms with Crippen molar-refractivity contribution in [2.75, 3.05) is 44.7 Å². The first kappa shape index (κ1) is 25.2. The summed E-state index contributed by atoms with van der Waals surface area (Å²) < 4.78 is 5.19. The van der Waals surface area contributed by atoms with E-state index in [-0.39, 0.29) is 36.6 Å². The first-order valence-electron chi connectivity index (χ1n) is 10.4. The van der Waals surface area contributed by atoms with Crippen LogP contribution in [-0.2, 0) is 4.79 Å². The van der Waals surface area contributed by atoms with Gasteiger partial charge < -0.3 is 20.3 Å². The number of nitrogens with zero attached hydrogens (tertiary/aromatic N) is 4. The molecule has 2 fully saturated rings. The molecule has 0 saturated carbocycles. The Hall–Kier alpha value is -2.09. The lowest BCUT2D eigenvalue weighted by molar-refractivity contribution is -0.135. The fraction of sp³-hybridized carbons (Fsp3) is 0.500. The van der Waals surface area contributed by atoms with Crippen LogP contribution in [0.15, 0.2) is 42.6 Å². The van der Waals surface area contributed by atoms with Crippen molar-refractivity contribution in [3.8, 4) is 5.88 Å². The highest BCUT2D eigenvalue weighted by Crippen LogP contribution is 2.34. The number of ether oxygens (including phenoxy) is 1. The zero-order valence-corrected chi connectivity index (χ0v) is 19.4. The Labute approximate surface area is 196 Å². The predicted octanol–water partition coefficient (Wildman–Crippen LogP) is 2.75. The minimum absolute atomic E-state index is 0. The van der Waals surface area contributed by atoms with Gasteiger partial charge in [-0.3, -0.25) is 4.79 Å². The third kappa shape index (κ3) is 5.59. The minimum Gasteiger partial charge on any atom is -0.481 e. The number of halogens is 2. The molecule has 1 aromatic carbocycles. The number of likely N-dealkylation sites (tertiary alicyclic amines) is 1. The Morgan fingerprint density at radius 3 is 2.48 bits per heavy atom. The van der Waals surface area contributed by atoms with E-state index in [0.717, 1.165) is 39.0 Å². The highest BCUT2D eigenvalue weighted by molar-refractivity contribution is 5.85. The number of carbonyl (C=O) groups excluding carboxylic acids is 1.